The summed E-state index contributed by atoms with van der Waals surface area (Å²) in [5.41, 5.74) is 0.689. The van der Waals surface area contributed by atoms with Crippen molar-refractivity contribution >= 4 is 23.2 Å². The van der Waals surface area contributed by atoms with Crippen molar-refractivity contribution in [2.75, 3.05) is 11.9 Å². The second kappa shape index (κ2) is 4.59. The number of nitrogens with one attached hydrogen (secondary N) is 2. The van der Waals surface area contributed by atoms with Crippen molar-refractivity contribution in [3.63, 3.8) is 0 Å². The Morgan fingerprint density at radius 3 is 3.20 bits per heavy atom. The fourth-order valence-corrected chi connectivity index (χ4v) is 1.79. The second-order valence-electron chi connectivity index (χ2n) is 3.51. The van der Waals surface area contributed by atoms with Crippen molar-refractivity contribution in [2.45, 2.75) is 18.9 Å². The number of carbonyl (C=O) groups excluding carboxylic acids is 1. The van der Waals surface area contributed by atoms with Crippen LogP contribution in [0.5, 0.6) is 0 Å². The van der Waals surface area contributed by atoms with Gasteiger partial charge in [0.2, 0.25) is 5.91 Å². The molecule has 15 heavy (non-hydrogen) atoms. The lowest BCUT2D eigenvalue weighted by atomic mass is 10.2. The molecule has 2 rings (SSSR count). The van der Waals surface area contributed by atoms with E-state index in [2.05, 4.69) is 15.6 Å². The quantitative estimate of drug-likeness (QED) is 0.749. The molecule has 0 aromatic carbocycles. The Labute approximate surface area is 93.0 Å². The molecule has 1 amide bonds. The van der Waals surface area contributed by atoms with Gasteiger partial charge in [0, 0.05) is 11.9 Å². The molecule has 2 N–H and O–H groups in total. The molecule has 4 nitrogen and oxygen atoms in total. The third-order valence-electron chi connectivity index (χ3n) is 2.37. The molecular weight excluding hydrogens is 214 g/mol. The van der Waals surface area contributed by atoms with Crippen LogP contribution >= 0.6 is 11.6 Å². The number of carbonyl (C=O) groups is 1. The highest BCUT2D eigenvalue weighted by atomic mass is 35.5. The standard InChI is InChI=1S/C10H12ClN3O/c11-9-6-7(3-5-13-9)14-10(15)8-2-1-4-12-8/h3,5-6,8,12H,1-2,4H2,(H,13,14,15)/t8-/m0/s1. The number of rotatable bonds is 2. The first-order valence-electron chi connectivity index (χ1n) is 4.91. The zero-order valence-corrected chi connectivity index (χ0v) is 8.92. The number of pyridine rings is 1. The first-order valence-corrected chi connectivity index (χ1v) is 5.29. The first kappa shape index (κ1) is 10.4. The largest absolute Gasteiger partial charge is 0.325 e. The monoisotopic (exact) mass is 225 g/mol. The summed E-state index contributed by atoms with van der Waals surface area (Å²) in [6.45, 7) is 0.912. The molecule has 1 aliphatic heterocycles. The number of hydrogen-bond donors (Lipinski definition) is 2. The molecule has 0 saturated carbocycles. The lowest BCUT2D eigenvalue weighted by Crippen LogP contribution is -2.35. The molecular formula is C10H12ClN3O. The van der Waals surface area contributed by atoms with E-state index in [9.17, 15) is 4.79 Å². The van der Waals surface area contributed by atoms with Crippen LogP contribution in [0.4, 0.5) is 5.69 Å². The average Bonchev–Trinajstić information content (AvgIpc) is 2.70. The van der Waals surface area contributed by atoms with Crippen molar-refractivity contribution in [3.05, 3.63) is 23.5 Å². The molecule has 1 aromatic heterocycles. The van der Waals surface area contributed by atoms with Crippen LogP contribution in [0.2, 0.25) is 5.15 Å². The molecule has 0 unspecified atom stereocenters. The minimum absolute atomic E-state index is 0.00485. The van der Waals surface area contributed by atoms with E-state index in [0.29, 0.717) is 10.8 Å². The van der Waals surface area contributed by atoms with Crippen molar-refractivity contribution in [1.29, 1.82) is 0 Å². The summed E-state index contributed by atoms with van der Waals surface area (Å²) >= 11 is 5.71. The fourth-order valence-electron chi connectivity index (χ4n) is 1.62. The second-order valence-corrected chi connectivity index (χ2v) is 3.89. The Balaban J connectivity index is 1.99. The number of hydrogen-bond acceptors (Lipinski definition) is 3. The van der Waals surface area contributed by atoms with Crippen LogP contribution in [0.3, 0.4) is 0 Å². The van der Waals surface area contributed by atoms with Crippen molar-refractivity contribution < 1.29 is 4.79 Å². The Hall–Kier alpha value is -1.13. The summed E-state index contributed by atoms with van der Waals surface area (Å²) in [7, 11) is 0. The maximum Gasteiger partial charge on any atom is 0.241 e. The summed E-state index contributed by atoms with van der Waals surface area (Å²) in [4.78, 5) is 15.5. The van der Waals surface area contributed by atoms with Gasteiger partial charge < -0.3 is 10.6 Å². The van der Waals surface area contributed by atoms with E-state index in [1.165, 1.54) is 0 Å². The van der Waals surface area contributed by atoms with Crippen LogP contribution in [0.15, 0.2) is 18.3 Å². The first-order chi connectivity index (χ1) is 7.25. The molecule has 0 spiro atoms. The highest BCUT2D eigenvalue weighted by Crippen LogP contribution is 2.13. The molecule has 1 aromatic rings. The normalized spacial score (nSPS) is 20.2. The summed E-state index contributed by atoms with van der Waals surface area (Å²) < 4.78 is 0. The molecule has 5 heteroatoms. The Bertz CT molecular complexity index is 363. The van der Waals surface area contributed by atoms with Crippen molar-refractivity contribution in [1.82, 2.24) is 10.3 Å². The summed E-state index contributed by atoms with van der Waals surface area (Å²) in [6, 6.07) is 3.28. The van der Waals surface area contributed by atoms with Gasteiger partial charge in [0.1, 0.15) is 5.15 Å². The maximum atomic E-state index is 11.7. The van der Waals surface area contributed by atoms with Crippen molar-refractivity contribution in [3.8, 4) is 0 Å². The van der Waals surface area contributed by atoms with E-state index < -0.39 is 0 Å². The van der Waals surface area contributed by atoms with E-state index in [1.54, 1.807) is 18.3 Å². The number of aromatic nitrogens is 1. The maximum absolute atomic E-state index is 11.7. The predicted molar refractivity (Wildman–Crippen MR) is 58.9 cm³/mol. The molecule has 1 saturated heterocycles. The van der Waals surface area contributed by atoms with Crippen LogP contribution < -0.4 is 10.6 Å². The Morgan fingerprint density at radius 2 is 2.53 bits per heavy atom. The molecule has 0 aliphatic carbocycles. The molecule has 0 radical (unpaired) electrons. The number of amides is 1. The lowest BCUT2D eigenvalue weighted by molar-refractivity contribution is -0.117. The van der Waals surface area contributed by atoms with E-state index in [0.717, 1.165) is 19.4 Å². The fraction of sp³-hybridized carbons (Fsp3) is 0.400. The van der Waals surface area contributed by atoms with Gasteiger partial charge in [-0.25, -0.2) is 4.98 Å². The minimum atomic E-state index is -0.0723. The third kappa shape index (κ3) is 2.67. The molecule has 1 fully saturated rings. The van der Waals surface area contributed by atoms with Crippen LogP contribution in [0, 0.1) is 0 Å². The number of anilines is 1. The Kier molecular flexibility index (Phi) is 3.18. The van der Waals surface area contributed by atoms with Crippen LogP contribution in [0.1, 0.15) is 12.8 Å². The van der Waals surface area contributed by atoms with E-state index >= 15 is 0 Å². The Morgan fingerprint density at radius 1 is 1.67 bits per heavy atom. The molecule has 1 atom stereocenters. The lowest BCUT2D eigenvalue weighted by Gasteiger charge is -2.10. The van der Waals surface area contributed by atoms with Gasteiger partial charge in [-0.3, -0.25) is 4.79 Å². The van der Waals surface area contributed by atoms with Gasteiger partial charge in [0.25, 0.3) is 0 Å². The summed E-state index contributed by atoms with van der Waals surface area (Å²) in [5.74, 6) is -0.00485. The average molecular weight is 226 g/mol. The van der Waals surface area contributed by atoms with Crippen LogP contribution in [0.25, 0.3) is 0 Å². The summed E-state index contributed by atoms with van der Waals surface area (Å²) in [6.07, 6.45) is 3.51. The number of halogens is 1. The van der Waals surface area contributed by atoms with Crippen LogP contribution in [-0.2, 0) is 4.79 Å². The van der Waals surface area contributed by atoms with Gasteiger partial charge in [-0.2, -0.15) is 0 Å². The van der Waals surface area contributed by atoms with E-state index in [-0.39, 0.29) is 11.9 Å². The molecule has 80 valence electrons. The zero-order chi connectivity index (χ0) is 10.7. The van der Waals surface area contributed by atoms with Gasteiger partial charge in [-0.15, -0.1) is 0 Å². The smallest absolute Gasteiger partial charge is 0.241 e. The number of nitrogens with zero attached hydrogens (tertiary/aromatic N) is 1. The highest BCUT2D eigenvalue weighted by molar-refractivity contribution is 6.29. The molecule has 1 aliphatic rings. The van der Waals surface area contributed by atoms with Gasteiger partial charge in [0.15, 0.2) is 0 Å². The van der Waals surface area contributed by atoms with E-state index in [4.69, 9.17) is 11.6 Å². The highest BCUT2D eigenvalue weighted by Gasteiger charge is 2.21. The van der Waals surface area contributed by atoms with Crippen LogP contribution in [-0.4, -0.2) is 23.5 Å². The molecule has 2 heterocycles. The van der Waals surface area contributed by atoms with Gasteiger partial charge in [-0.05, 0) is 31.5 Å². The molecule has 0 bridgehead atoms. The van der Waals surface area contributed by atoms with Crippen molar-refractivity contribution in [2.24, 2.45) is 0 Å². The van der Waals surface area contributed by atoms with Gasteiger partial charge >= 0.3 is 0 Å². The van der Waals surface area contributed by atoms with E-state index in [1.807, 2.05) is 0 Å². The topological polar surface area (TPSA) is 54.0 Å². The SMILES string of the molecule is O=C(Nc1ccnc(Cl)c1)[C@@H]1CCCN1. The minimum Gasteiger partial charge on any atom is -0.325 e. The third-order valence-corrected chi connectivity index (χ3v) is 2.58. The van der Waals surface area contributed by atoms with Gasteiger partial charge in [-0.1, -0.05) is 11.6 Å². The van der Waals surface area contributed by atoms with Gasteiger partial charge in [0.05, 0.1) is 6.04 Å². The predicted octanol–water partition coefficient (Wildman–Crippen LogP) is 1.43. The zero-order valence-electron chi connectivity index (χ0n) is 8.16. The summed E-state index contributed by atoms with van der Waals surface area (Å²) in [5, 5.41) is 6.31.